The topological polar surface area (TPSA) is 0 Å². The van der Waals surface area contributed by atoms with Crippen LogP contribution in [0, 0.1) is 6.92 Å². The van der Waals surface area contributed by atoms with E-state index in [4.69, 9.17) is 0 Å². The molecule has 0 radical (unpaired) electrons. The average Bonchev–Trinajstić information content (AvgIpc) is 2.42. The Bertz CT molecular complexity index is 530. The third kappa shape index (κ3) is 2.70. The fourth-order valence-corrected chi connectivity index (χ4v) is 2.16. The third-order valence-electron chi connectivity index (χ3n) is 3.36. The van der Waals surface area contributed by atoms with Gasteiger partial charge in [-0.25, -0.2) is 0 Å². The summed E-state index contributed by atoms with van der Waals surface area (Å²) in [7, 11) is 0. The monoisotopic (exact) mass is 236 g/mol. The second-order valence-electron chi connectivity index (χ2n) is 4.74. The molecule has 92 valence electrons. The maximum atomic E-state index is 2.22. The smallest absolute Gasteiger partial charge is 0.0122 e. The lowest BCUT2D eigenvalue weighted by Crippen LogP contribution is -1.92. The lowest BCUT2D eigenvalue weighted by atomic mass is 9.92. The van der Waals surface area contributed by atoms with Gasteiger partial charge in [-0.2, -0.15) is 0 Å². The van der Waals surface area contributed by atoms with Crippen molar-refractivity contribution in [2.45, 2.75) is 27.2 Å². The molecular weight excluding hydrogens is 216 g/mol. The lowest BCUT2D eigenvalue weighted by molar-refractivity contribution is 1.10. The van der Waals surface area contributed by atoms with E-state index in [9.17, 15) is 0 Å². The molecular formula is C18H20. The molecule has 0 atom stereocenters. The molecule has 0 saturated heterocycles. The quantitative estimate of drug-likeness (QED) is 0.684. The Labute approximate surface area is 110 Å². The lowest BCUT2D eigenvalue weighted by Gasteiger charge is -2.12. The van der Waals surface area contributed by atoms with Gasteiger partial charge < -0.3 is 0 Å². The van der Waals surface area contributed by atoms with Crippen LogP contribution in [0.4, 0.5) is 0 Å². The summed E-state index contributed by atoms with van der Waals surface area (Å²) in [6.07, 6.45) is 1.08. The van der Waals surface area contributed by atoms with Gasteiger partial charge in [0.2, 0.25) is 0 Å². The molecule has 0 aliphatic rings. The zero-order chi connectivity index (χ0) is 13.0. The first-order valence-corrected chi connectivity index (χ1v) is 6.54. The minimum Gasteiger partial charge on any atom is -0.0651 e. The zero-order valence-corrected chi connectivity index (χ0v) is 11.4. The van der Waals surface area contributed by atoms with E-state index in [0.29, 0.717) is 0 Å². The van der Waals surface area contributed by atoms with Gasteiger partial charge in [0.1, 0.15) is 0 Å². The van der Waals surface area contributed by atoms with Crippen LogP contribution >= 0.6 is 0 Å². The van der Waals surface area contributed by atoms with Crippen LogP contribution in [0.15, 0.2) is 60.2 Å². The van der Waals surface area contributed by atoms with Crippen LogP contribution in [0.1, 0.15) is 37.0 Å². The first-order valence-electron chi connectivity index (χ1n) is 6.54. The minimum atomic E-state index is 1.08. The first-order chi connectivity index (χ1) is 8.72. The molecule has 0 fully saturated rings. The van der Waals surface area contributed by atoms with Crippen LogP contribution in [0.2, 0.25) is 0 Å². The molecule has 0 saturated carbocycles. The predicted octanol–water partition coefficient (Wildman–Crippen LogP) is 5.23. The molecule has 0 aliphatic carbocycles. The first kappa shape index (κ1) is 12.6. The zero-order valence-electron chi connectivity index (χ0n) is 11.4. The number of rotatable bonds is 3. The number of hydrogen-bond donors (Lipinski definition) is 0. The molecule has 0 N–H and O–H groups in total. The van der Waals surface area contributed by atoms with Gasteiger partial charge in [-0.05, 0) is 37.0 Å². The Morgan fingerprint density at radius 2 is 1.39 bits per heavy atom. The molecule has 2 aromatic rings. The summed E-state index contributed by atoms with van der Waals surface area (Å²) in [4.78, 5) is 0. The van der Waals surface area contributed by atoms with E-state index < -0.39 is 0 Å². The number of allylic oxidation sites excluding steroid dienone is 1. The molecule has 0 amide bonds. The molecule has 0 heteroatoms. The van der Waals surface area contributed by atoms with Gasteiger partial charge in [0.05, 0.1) is 0 Å². The van der Waals surface area contributed by atoms with Crippen molar-refractivity contribution in [1.29, 1.82) is 0 Å². The van der Waals surface area contributed by atoms with Crippen molar-refractivity contribution in [2.24, 2.45) is 0 Å². The molecule has 0 aromatic heterocycles. The van der Waals surface area contributed by atoms with Crippen molar-refractivity contribution < 1.29 is 0 Å². The average molecular weight is 236 g/mol. The van der Waals surface area contributed by atoms with Gasteiger partial charge in [0.25, 0.3) is 0 Å². The summed E-state index contributed by atoms with van der Waals surface area (Å²) in [5.41, 5.74) is 6.73. The van der Waals surface area contributed by atoms with E-state index in [1.807, 2.05) is 0 Å². The molecule has 0 nitrogen and oxygen atoms in total. The van der Waals surface area contributed by atoms with E-state index in [-0.39, 0.29) is 0 Å². The van der Waals surface area contributed by atoms with Crippen molar-refractivity contribution in [2.75, 3.05) is 0 Å². The molecule has 0 aliphatic heterocycles. The summed E-state index contributed by atoms with van der Waals surface area (Å²) in [5, 5.41) is 0. The Kier molecular flexibility index (Phi) is 3.99. The maximum Gasteiger partial charge on any atom is -0.0122 e. The van der Waals surface area contributed by atoms with Crippen LogP contribution in [-0.2, 0) is 0 Å². The standard InChI is InChI=1S/C18H20/c1-4-15(3)18(16-8-6-5-7-9-16)17-12-10-14(2)11-13-17/h5-13H,4H2,1-3H3/b18-15+. The minimum absolute atomic E-state index is 1.08. The van der Waals surface area contributed by atoms with Crippen molar-refractivity contribution in [1.82, 2.24) is 0 Å². The van der Waals surface area contributed by atoms with Gasteiger partial charge >= 0.3 is 0 Å². The SMILES string of the molecule is CC/C(C)=C(\c1ccccc1)c1ccc(C)cc1. The van der Waals surface area contributed by atoms with Crippen molar-refractivity contribution >= 4 is 5.57 Å². The largest absolute Gasteiger partial charge is 0.0651 e. The van der Waals surface area contributed by atoms with E-state index in [1.54, 1.807) is 0 Å². The molecule has 0 bridgehead atoms. The van der Waals surface area contributed by atoms with Crippen LogP contribution in [0.3, 0.4) is 0 Å². The van der Waals surface area contributed by atoms with Crippen LogP contribution < -0.4 is 0 Å². The number of aryl methyl sites for hydroxylation is 1. The molecule has 2 aromatic carbocycles. The molecule has 0 unspecified atom stereocenters. The highest BCUT2D eigenvalue weighted by Gasteiger charge is 2.07. The van der Waals surface area contributed by atoms with E-state index >= 15 is 0 Å². The Morgan fingerprint density at radius 1 is 0.833 bits per heavy atom. The highest BCUT2D eigenvalue weighted by Crippen LogP contribution is 2.28. The highest BCUT2D eigenvalue weighted by molar-refractivity contribution is 5.81. The van der Waals surface area contributed by atoms with E-state index in [0.717, 1.165) is 6.42 Å². The van der Waals surface area contributed by atoms with Crippen LogP contribution in [0.5, 0.6) is 0 Å². The van der Waals surface area contributed by atoms with Gasteiger partial charge in [-0.15, -0.1) is 0 Å². The predicted molar refractivity (Wildman–Crippen MR) is 79.6 cm³/mol. The van der Waals surface area contributed by atoms with Crippen molar-refractivity contribution in [3.8, 4) is 0 Å². The second-order valence-corrected chi connectivity index (χ2v) is 4.74. The van der Waals surface area contributed by atoms with Crippen LogP contribution in [0.25, 0.3) is 5.57 Å². The Balaban J connectivity index is 2.55. The van der Waals surface area contributed by atoms with Gasteiger partial charge in [0.15, 0.2) is 0 Å². The summed E-state index contributed by atoms with van der Waals surface area (Å²) in [5.74, 6) is 0. The molecule has 0 heterocycles. The van der Waals surface area contributed by atoms with Crippen molar-refractivity contribution in [3.05, 3.63) is 76.9 Å². The van der Waals surface area contributed by atoms with E-state index in [1.165, 1.54) is 27.8 Å². The molecule has 2 rings (SSSR count). The fourth-order valence-electron chi connectivity index (χ4n) is 2.16. The summed E-state index contributed by atoms with van der Waals surface area (Å²) in [6.45, 7) is 6.57. The van der Waals surface area contributed by atoms with Gasteiger partial charge in [-0.1, -0.05) is 72.7 Å². The summed E-state index contributed by atoms with van der Waals surface area (Å²) >= 11 is 0. The van der Waals surface area contributed by atoms with Gasteiger partial charge in [0, 0.05) is 0 Å². The summed E-state index contributed by atoms with van der Waals surface area (Å²) < 4.78 is 0. The molecule has 0 spiro atoms. The van der Waals surface area contributed by atoms with E-state index in [2.05, 4.69) is 75.4 Å². The van der Waals surface area contributed by atoms with Gasteiger partial charge in [-0.3, -0.25) is 0 Å². The Hall–Kier alpha value is -1.82. The van der Waals surface area contributed by atoms with Crippen LogP contribution in [-0.4, -0.2) is 0 Å². The number of hydrogen-bond acceptors (Lipinski definition) is 0. The Morgan fingerprint density at radius 3 is 1.94 bits per heavy atom. The fraction of sp³-hybridized carbons (Fsp3) is 0.222. The normalized spacial score (nSPS) is 12.2. The maximum absolute atomic E-state index is 2.22. The highest BCUT2D eigenvalue weighted by atomic mass is 14.1. The molecule has 18 heavy (non-hydrogen) atoms. The summed E-state index contributed by atoms with van der Waals surface area (Å²) in [6, 6.07) is 19.5. The second kappa shape index (κ2) is 5.68. The number of benzene rings is 2. The third-order valence-corrected chi connectivity index (χ3v) is 3.36. The van der Waals surface area contributed by atoms with Crippen molar-refractivity contribution in [3.63, 3.8) is 0 Å².